The maximum absolute atomic E-state index is 12.0. The Morgan fingerprint density at radius 3 is 2.43 bits per heavy atom. The monoisotopic (exact) mass is 297 g/mol. The number of hydrogen-bond donors (Lipinski definition) is 4. The molecule has 1 aliphatic rings. The van der Waals surface area contributed by atoms with Crippen LogP contribution >= 0.6 is 0 Å². The largest absolute Gasteiger partial charge is 0.465 e. The van der Waals surface area contributed by atoms with Gasteiger partial charge in [-0.15, -0.1) is 0 Å². The number of hydrogen-bond acceptors (Lipinski definition) is 5. The highest BCUT2D eigenvalue weighted by molar-refractivity contribution is 5.92. The number of carboxylic acid groups (broad SMARTS) is 1. The summed E-state index contributed by atoms with van der Waals surface area (Å²) >= 11 is 0. The van der Waals surface area contributed by atoms with Crippen LogP contribution < -0.4 is 10.6 Å². The quantitative estimate of drug-likeness (QED) is 0.628. The van der Waals surface area contributed by atoms with Crippen LogP contribution in [0, 0.1) is 0 Å². The molecule has 0 atom stereocenters. The molecule has 116 valence electrons. The van der Waals surface area contributed by atoms with Gasteiger partial charge in [0.2, 0.25) is 0 Å². The zero-order chi connectivity index (χ0) is 15.2. The minimum Gasteiger partial charge on any atom is -0.465 e. The van der Waals surface area contributed by atoms with Crippen LogP contribution in [0.3, 0.4) is 0 Å². The number of nitrogens with one attached hydrogen (secondary N) is 2. The van der Waals surface area contributed by atoms with Crippen molar-refractivity contribution in [3.8, 4) is 0 Å². The van der Waals surface area contributed by atoms with E-state index in [0.717, 1.165) is 12.8 Å². The van der Waals surface area contributed by atoms with Crippen molar-refractivity contribution in [1.29, 1.82) is 0 Å². The van der Waals surface area contributed by atoms with Crippen LogP contribution in [0.15, 0.2) is 10.6 Å². The molecule has 8 heteroatoms. The summed E-state index contributed by atoms with van der Waals surface area (Å²) in [7, 11) is 0. The summed E-state index contributed by atoms with van der Waals surface area (Å²) in [6, 6.07) is 1.49. The van der Waals surface area contributed by atoms with Crippen molar-refractivity contribution in [1.82, 2.24) is 15.8 Å². The van der Waals surface area contributed by atoms with Gasteiger partial charge in [-0.3, -0.25) is 4.79 Å². The fraction of sp³-hybridized carbons (Fsp3) is 0.615. The predicted octanol–water partition coefficient (Wildman–Crippen LogP) is 0.518. The number of amides is 2. The Labute approximate surface area is 121 Å². The topological polar surface area (TPSA) is 125 Å². The third-order valence-corrected chi connectivity index (χ3v) is 3.54. The Balaban J connectivity index is 1.79. The third kappa shape index (κ3) is 4.45. The molecule has 0 saturated heterocycles. The van der Waals surface area contributed by atoms with Crippen LogP contribution in [0.2, 0.25) is 0 Å². The van der Waals surface area contributed by atoms with Crippen molar-refractivity contribution in [2.75, 3.05) is 6.61 Å². The maximum atomic E-state index is 12.0. The van der Waals surface area contributed by atoms with Crippen molar-refractivity contribution in [3.05, 3.63) is 17.5 Å². The molecule has 1 fully saturated rings. The summed E-state index contributed by atoms with van der Waals surface area (Å²) in [6.45, 7) is -0.0587. The lowest BCUT2D eigenvalue weighted by Gasteiger charge is -2.28. The number of carbonyl (C=O) groups excluding carboxylic acids is 1. The average molecular weight is 297 g/mol. The summed E-state index contributed by atoms with van der Waals surface area (Å²) in [5.74, 6) is 0.162. The fourth-order valence-corrected chi connectivity index (χ4v) is 2.46. The summed E-state index contributed by atoms with van der Waals surface area (Å²) in [6.07, 6.45) is 2.15. The molecule has 2 rings (SSSR count). The summed E-state index contributed by atoms with van der Waals surface area (Å²) in [5.41, 5.74) is 0.198. The van der Waals surface area contributed by atoms with E-state index in [4.69, 9.17) is 14.7 Å². The molecule has 2 amide bonds. The van der Waals surface area contributed by atoms with Crippen LogP contribution in [0.5, 0.6) is 0 Å². The van der Waals surface area contributed by atoms with E-state index in [1.807, 2.05) is 0 Å². The van der Waals surface area contributed by atoms with Crippen molar-refractivity contribution >= 4 is 12.0 Å². The Kier molecular flexibility index (Phi) is 5.15. The molecule has 0 spiro atoms. The highest BCUT2D eigenvalue weighted by atomic mass is 16.5. The van der Waals surface area contributed by atoms with Gasteiger partial charge in [-0.2, -0.15) is 0 Å². The van der Waals surface area contributed by atoms with Gasteiger partial charge in [0.15, 0.2) is 5.69 Å². The Hall–Kier alpha value is -2.09. The molecule has 1 heterocycles. The number of aliphatic hydroxyl groups is 1. The van der Waals surface area contributed by atoms with E-state index in [9.17, 15) is 9.59 Å². The Morgan fingerprint density at radius 1 is 1.24 bits per heavy atom. The van der Waals surface area contributed by atoms with Crippen LogP contribution in [0.1, 0.15) is 41.9 Å². The second-order valence-electron chi connectivity index (χ2n) is 5.12. The molecule has 0 aliphatic heterocycles. The molecule has 1 aliphatic carbocycles. The average Bonchev–Trinajstić information content (AvgIpc) is 2.89. The first-order chi connectivity index (χ1) is 10.1. The van der Waals surface area contributed by atoms with E-state index >= 15 is 0 Å². The highest BCUT2D eigenvalue weighted by Crippen LogP contribution is 2.19. The second kappa shape index (κ2) is 7.07. The molecule has 8 nitrogen and oxygen atoms in total. The van der Waals surface area contributed by atoms with Gasteiger partial charge in [-0.05, 0) is 25.7 Å². The van der Waals surface area contributed by atoms with Crippen LogP contribution in [-0.2, 0) is 6.42 Å². The SMILES string of the molecule is O=C(O)NC1CCC(NC(=O)c2cc(CCO)on2)CC1. The number of carbonyl (C=O) groups is 2. The van der Waals surface area contributed by atoms with Gasteiger partial charge >= 0.3 is 6.09 Å². The lowest BCUT2D eigenvalue weighted by atomic mass is 9.91. The smallest absolute Gasteiger partial charge is 0.404 e. The zero-order valence-electron chi connectivity index (χ0n) is 11.5. The molecular weight excluding hydrogens is 278 g/mol. The summed E-state index contributed by atoms with van der Waals surface area (Å²) < 4.78 is 4.93. The third-order valence-electron chi connectivity index (χ3n) is 3.54. The van der Waals surface area contributed by atoms with Gasteiger partial charge in [0.05, 0.1) is 6.61 Å². The normalized spacial score (nSPS) is 21.8. The van der Waals surface area contributed by atoms with E-state index in [1.165, 1.54) is 6.07 Å². The van der Waals surface area contributed by atoms with Crippen molar-refractivity contribution in [2.45, 2.75) is 44.2 Å². The predicted molar refractivity (Wildman–Crippen MR) is 72.0 cm³/mol. The fourth-order valence-electron chi connectivity index (χ4n) is 2.46. The highest BCUT2D eigenvalue weighted by Gasteiger charge is 2.24. The first-order valence-electron chi connectivity index (χ1n) is 6.95. The lowest BCUT2D eigenvalue weighted by Crippen LogP contribution is -2.43. The van der Waals surface area contributed by atoms with Crippen LogP contribution in [0.25, 0.3) is 0 Å². The molecular formula is C13H19N3O5. The van der Waals surface area contributed by atoms with Crippen LogP contribution in [0.4, 0.5) is 4.79 Å². The molecule has 0 unspecified atom stereocenters. The van der Waals surface area contributed by atoms with E-state index in [1.54, 1.807) is 0 Å². The molecule has 0 aromatic carbocycles. The van der Waals surface area contributed by atoms with Gasteiger partial charge in [0.1, 0.15) is 5.76 Å². The Bertz CT molecular complexity index is 494. The first-order valence-corrected chi connectivity index (χ1v) is 6.95. The van der Waals surface area contributed by atoms with Crippen molar-refractivity contribution in [3.63, 3.8) is 0 Å². The number of aliphatic hydroxyl groups excluding tert-OH is 1. The van der Waals surface area contributed by atoms with E-state index in [-0.39, 0.29) is 30.3 Å². The van der Waals surface area contributed by atoms with Gasteiger partial charge in [-0.1, -0.05) is 5.16 Å². The zero-order valence-corrected chi connectivity index (χ0v) is 11.5. The van der Waals surface area contributed by atoms with E-state index in [0.29, 0.717) is 25.0 Å². The van der Waals surface area contributed by atoms with Gasteiger partial charge < -0.3 is 25.4 Å². The van der Waals surface area contributed by atoms with Gasteiger partial charge in [0, 0.05) is 24.6 Å². The minimum absolute atomic E-state index is 0.0161. The van der Waals surface area contributed by atoms with Crippen LogP contribution in [-0.4, -0.2) is 46.1 Å². The number of nitrogens with zero attached hydrogens (tertiary/aromatic N) is 1. The molecule has 21 heavy (non-hydrogen) atoms. The van der Waals surface area contributed by atoms with Crippen molar-refractivity contribution < 1.29 is 24.3 Å². The standard InChI is InChI=1S/C13H19N3O5/c17-6-5-10-7-11(16-21-10)12(18)14-8-1-3-9(4-2-8)15-13(19)20/h7-9,15,17H,1-6H2,(H,14,18)(H,19,20). The molecule has 0 radical (unpaired) electrons. The second-order valence-corrected chi connectivity index (χ2v) is 5.12. The van der Waals surface area contributed by atoms with E-state index < -0.39 is 6.09 Å². The molecule has 0 bridgehead atoms. The number of rotatable bonds is 5. The molecule has 1 saturated carbocycles. The van der Waals surface area contributed by atoms with Crippen molar-refractivity contribution in [2.24, 2.45) is 0 Å². The maximum Gasteiger partial charge on any atom is 0.404 e. The summed E-state index contributed by atoms with van der Waals surface area (Å²) in [5, 5.41) is 26.4. The summed E-state index contributed by atoms with van der Waals surface area (Å²) in [4.78, 5) is 22.5. The number of aromatic nitrogens is 1. The molecule has 1 aromatic heterocycles. The van der Waals surface area contributed by atoms with E-state index in [2.05, 4.69) is 15.8 Å². The molecule has 1 aromatic rings. The minimum atomic E-state index is -1.01. The molecule has 4 N–H and O–H groups in total. The lowest BCUT2D eigenvalue weighted by molar-refractivity contribution is 0.0914. The first kappa shape index (κ1) is 15.3. The Morgan fingerprint density at radius 2 is 1.86 bits per heavy atom. The van der Waals surface area contributed by atoms with Gasteiger partial charge in [0.25, 0.3) is 5.91 Å². The van der Waals surface area contributed by atoms with Gasteiger partial charge in [-0.25, -0.2) is 4.79 Å².